The van der Waals surface area contributed by atoms with E-state index in [1.165, 1.54) is 7.11 Å². The second-order valence-electron chi connectivity index (χ2n) is 2.73. The minimum Gasteiger partial charge on any atom is -0.319 e. The van der Waals surface area contributed by atoms with Gasteiger partial charge in [0.1, 0.15) is 0 Å². The van der Waals surface area contributed by atoms with E-state index >= 15 is 0 Å². The first-order valence-corrected chi connectivity index (χ1v) is 5.08. The number of amides is 2. The lowest BCUT2D eigenvalue weighted by atomic mass is 10.3. The summed E-state index contributed by atoms with van der Waals surface area (Å²) in [6, 6.07) is 0.171. The fraction of sp³-hybridized carbons (Fsp3) is 0.857. The third-order valence-corrected chi connectivity index (χ3v) is 3.01. The van der Waals surface area contributed by atoms with Crippen LogP contribution in [-0.2, 0) is 4.84 Å². The van der Waals surface area contributed by atoms with Gasteiger partial charge < -0.3 is 4.90 Å². The summed E-state index contributed by atoms with van der Waals surface area (Å²) in [6.07, 6.45) is 0. The van der Waals surface area contributed by atoms with Gasteiger partial charge in [-0.25, -0.2) is 10.3 Å². The normalized spacial score (nSPS) is 23.8. The molecule has 1 N–H and O–H groups in total. The molecule has 1 aliphatic heterocycles. The standard InChI is InChI=1S/C7H14N2O2S/c1-6-5-12-4-3-9(6)7(10)8-11-2/h6H,3-5H2,1-2H3,(H,8,10). The summed E-state index contributed by atoms with van der Waals surface area (Å²) in [7, 11) is 1.45. The molecule has 0 aliphatic carbocycles. The summed E-state index contributed by atoms with van der Waals surface area (Å²) in [6.45, 7) is 2.85. The Morgan fingerprint density at radius 1 is 1.75 bits per heavy atom. The third-order valence-electron chi connectivity index (χ3n) is 1.82. The fourth-order valence-corrected chi connectivity index (χ4v) is 2.19. The van der Waals surface area contributed by atoms with Crippen molar-refractivity contribution in [3.05, 3.63) is 0 Å². The molecule has 4 nitrogen and oxygen atoms in total. The van der Waals surface area contributed by atoms with Crippen LogP contribution in [0.4, 0.5) is 4.79 Å². The van der Waals surface area contributed by atoms with E-state index in [4.69, 9.17) is 0 Å². The highest BCUT2D eigenvalue weighted by molar-refractivity contribution is 7.99. The molecule has 70 valence electrons. The number of thioether (sulfide) groups is 1. The van der Waals surface area contributed by atoms with Crippen molar-refractivity contribution in [2.24, 2.45) is 0 Å². The number of urea groups is 1. The Bertz CT molecular complexity index is 165. The van der Waals surface area contributed by atoms with Crippen LogP contribution in [0.3, 0.4) is 0 Å². The maximum atomic E-state index is 11.3. The van der Waals surface area contributed by atoms with Crippen molar-refractivity contribution in [2.75, 3.05) is 25.2 Å². The number of carbonyl (C=O) groups is 1. The molecule has 0 aromatic carbocycles. The largest absolute Gasteiger partial charge is 0.341 e. The van der Waals surface area contributed by atoms with Crippen molar-refractivity contribution in [2.45, 2.75) is 13.0 Å². The Morgan fingerprint density at radius 3 is 3.08 bits per heavy atom. The molecular weight excluding hydrogens is 176 g/mol. The van der Waals surface area contributed by atoms with Crippen molar-refractivity contribution < 1.29 is 9.63 Å². The van der Waals surface area contributed by atoms with Crippen molar-refractivity contribution in [3.8, 4) is 0 Å². The first-order chi connectivity index (χ1) is 5.75. The molecule has 0 aromatic rings. The minimum absolute atomic E-state index is 0.134. The number of nitrogens with one attached hydrogen (secondary N) is 1. The lowest BCUT2D eigenvalue weighted by Crippen LogP contribution is -2.48. The highest BCUT2D eigenvalue weighted by Crippen LogP contribution is 2.15. The van der Waals surface area contributed by atoms with E-state index in [2.05, 4.69) is 10.3 Å². The predicted molar refractivity (Wildman–Crippen MR) is 49.0 cm³/mol. The topological polar surface area (TPSA) is 41.6 Å². The second kappa shape index (κ2) is 4.57. The molecule has 0 spiro atoms. The zero-order valence-corrected chi connectivity index (χ0v) is 8.19. The van der Waals surface area contributed by atoms with E-state index in [9.17, 15) is 4.79 Å². The van der Waals surface area contributed by atoms with E-state index in [1.54, 1.807) is 4.90 Å². The maximum Gasteiger partial charge on any atom is 0.341 e. The lowest BCUT2D eigenvalue weighted by Gasteiger charge is -2.32. The van der Waals surface area contributed by atoms with Crippen molar-refractivity contribution >= 4 is 17.8 Å². The summed E-state index contributed by atoms with van der Waals surface area (Å²) in [4.78, 5) is 17.6. The SMILES string of the molecule is CONC(=O)N1CCSCC1C. The van der Waals surface area contributed by atoms with E-state index in [0.29, 0.717) is 6.04 Å². The fourth-order valence-electron chi connectivity index (χ4n) is 1.17. The molecule has 1 saturated heterocycles. The zero-order valence-electron chi connectivity index (χ0n) is 7.37. The zero-order chi connectivity index (χ0) is 8.97. The number of carbonyl (C=O) groups excluding carboxylic acids is 1. The van der Waals surface area contributed by atoms with Crippen LogP contribution < -0.4 is 5.48 Å². The van der Waals surface area contributed by atoms with Gasteiger partial charge >= 0.3 is 6.03 Å². The molecule has 0 saturated carbocycles. The van der Waals surface area contributed by atoms with Crippen LogP contribution in [0.1, 0.15) is 6.92 Å². The summed E-state index contributed by atoms with van der Waals surface area (Å²) in [5, 5.41) is 0. The van der Waals surface area contributed by atoms with Gasteiger partial charge in [-0.15, -0.1) is 0 Å². The van der Waals surface area contributed by atoms with Gasteiger partial charge in [0.15, 0.2) is 0 Å². The molecule has 12 heavy (non-hydrogen) atoms. The molecule has 0 radical (unpaired) electrons. The Balaban J connectivity index is 2.42. The Labute approximate surface area is 76.6 Å². The summed E-state index contributed by atoms with van der Waals surface area (Å²) >= 11 is 1.88. The number of hydrogen-bond acceptors (Lipinski definition) is 3. The van der Waals surface area contributed by atoms with Gasteiger partial charge in [-0.2, -0.15) is 11.8 Å². The van der Waals surface area contributed by atoms with Crippen LogP contribution in [0.5, 0.6) is 0 Å². The lowest BCUT2D eigenvalue weighted by molar-refractivity contribution is 0.0822. The quantitative estimate of drug-likeness (QED) is 0.619. The van der Waals surface area contributed by atoms with Crippen molar-refractivity contribution in [1.82, 2.24) is 10.4 Å². The monoisotopic (exact) mass is 190 g/mol. The Morgan fingerprint density at radius 2 is 2.50 bits per heavy atom. The molecule has 1 rings (SSSR count). The average Bonchev–Trinajstić information content (AvgIpc) is 2.05. The minimum atomic E-state index is -0.134. The second-order valence-corrected chi connectivity index (χ2v) is 3.88. The third kappa shape index (κ3) is 2.28. The maximum absolute atomic E-state index is 11.3. The first-order valence-electron chi connectivity index (χ1n) is 3.93. The summed E-state index contributed by atoms with van der Waals surface area (Å²) in [5.74, 6) is 2.03. The van der Waals surface area contributed by atoms with Crippen LogP contribution in [0.15, 0.2) is 0 Å². The summed E-state index contributed by atoms with van der Waals surface area (Å²) < 4.78 is 0. The highest BCUT2D eigenvalue weighted by Gasteiger charge is 2.22. The van der Waals surface area contributed by atoms with Gasteiger partial charge in [0.05, 0.1) is 7.11 Å². The van der Waals surface area contributed by atoms with E-state index in [0.717, 1.165) is 18.1 Å². The highest BCUT2D eigenvalue weighted by atomic mass is 32.2. The molecule has 1 atom stereocenters. The molecule has 1 fully saturated rings. The summed E-state index contributed by atoms with van der Waals surface area (Å²) in [5.41, 5.74) is 2.32. The smallest absolute Gasteiger partial charge is 0.319 e. The molecule has 5 heteroatoms. The van der Waals surface area contributed by atoms with Gasteiger partial charge in [-0.3, -0.25) is 4.84 Å². The molecule has 1 aliphatic rings. The van der Waals surface area contributed by atoms with Gasteiger partial charge in [0, 0.05) is 24.1 Å². The van der Waals surface area contributed by atoms with Gasteiger partial charge in [0.25, 0.3) is 0 Å². The molecule has 1 heterocycles. The van der Waals surface area contributed by atoms with Crippen LogP contribution in [0.25, 0.3) is 0 Å². The van der Waals surface area contributed by atoms with E-state index in [-0.39, 0.29) is 6.03 Å². The van der Waals surface area contributed by atoms with Gasteiger partial charge in [0.2, 0.25) is 0 Å². The van der Waals surface area contributed by atoms with E-state index < -0.39 is 0 Å². The Hall–Kier alpha value is -0.420. The molecular formula is C7H14N2O2S. The van der Waals surface area contributed by atoms with Crippen LogP contribution in [-0.4, -0.2) is 42.1 Å². The number of nitrogens with zero attached hydrogens (tertiary/aromatic N) is 1. The van der Waals surface area contributed by atoms with Crippen molar-refractivity contribution in [1.29, 1.82) is 0 Å². The van der Waals surface area contributed by atoms with Crippen LogP contribution in [0.2, 0.25) is 0 Å². The van der Waals surface area contributed by atoms with Gasteiger partial charge in [-0.05, 0) is 6.92 Å². The predicted octanol–water partition coefficient (Wildman–Crippen LogP) is 0.695. The molecule has 0 bridgehead atoms. The number of hydrogen-bond donors (Lipinski definition) is 1. The number of hydroxylamine groups is 1. The average molecular weight is 190 g/mol. The first kappa shape index (κ1) is 9.67. The van der Waals surface area contributed by atoms with Crippen LogP contribution in [0, 0.1) is 0 Å². The molecule has 1 unspecified atom stereocenters. The van der Waals surface area contributed by atoms with Crippen LogP contribution >= 0.6 is 11.8 Å². The van der Waals surface area contributed by atoms with E-state index in [1.807, 2.05) is 18.7 Å². The molecule has 2 amide bonds. The van der Waals surface area contributed by atoms with Crippen molar-refractivity contribution in [3.63, 3.8) is 0 Å². The molecule has 0 aromatic heterocycles. The van der Waals surface area contributed by atoms with Gasteiger partial charge in [-0.1, -0.05) is 0 Å². The Kier molecular flexibility index (Phi) is 3.68. The number of rotatable bonds is 1.